The molecule has 0 saturated carbocycles. The van der Waals surface area contributed by atoms with Crippen molar-refractivity contribution < 1.29 is 18.0 Å². The van der Waals surface area contributed by atoms with Crippen LogP contribution in [0.3, 0.4) is 0 Å². The Bertz CT molecular complexity index is 253. The van der Waals surface area contributed by atoms with E-state index >= 15 is 0 Å². The lowest BCUT2D eigenvalue weighted by atomic mass is 10.1. The quantitative estimate of drug-likeness (QED) is 0.723. The number of hydrogen-bond acceptors (Lipinski definition) is 3. The van der Waals surface area contributed by atoms with E-state index in [0.29, 0.717) is 0 Å². The van der Waals surface area contributed by atoms with Gasteiger partial charge in [0, 0.05) is 19.1 Å². The van der Waals surface area contributed by atoms with Crippen LogP contribution >= 0.6 is 0 Å². The fraction of sp³-hybridized carbons (Fsp3) is 0.889. The number of nitrogens with zero attached hydrogens (tertiary/aromatic N) is 1. The second-order valence-electron chi connectivity index (χ2n) is 3.99. The summed E-state index contributed by atoms with van der Waals surface area (Å²) in [7, 11) is 1.74. The standard InChI is InChI=1S/C9H16F3N3O/c1-6(15(2)7-3-13-4-7)8(16)14-5-9(10,11)12/h6-7,13H,3-5H2,1-2H3,(H,14,16). The van der Waals surface area contributed by atoms with Crippen molar-refractivity contribution in [3.63, 3.8) is 0 Å². The molecule has 0 aromatic carbocycles. The van der Waals surface area contributed by atoms with E-state index in [1.54, 1.807) is 18.9 Å². The second-order valence-corrected chi connectivity index (χ2v) is 3.99. The van der Waals surface area contributed by atoms with Gasteiger partial charge in [0.2, 0.25) is 5.91 Å². The molecular formula is C9H16F3N3O. The zero-order valence-corrected chi connectivity index (χ0v) is 9.27. The van der Waals surface area contributed by atoms with E-state index < -0.39 is 24.7 Å². The lowest BCUT2D eigenvalue weighted by Gasteiger charge is -2.38. The Morgan fingerprint density at radius 3 is 2.50 bits per heavy atom. The normalized spacial score (nSPS) is 19.4. The molecule has 4 nitrogen and oxygen atoms in total. The number of rotatable bonds is 4. The van der Waals surface area contributed by atoms with Gasteiger partial charge in [-0.1, -0.05) is 0 Å². The molecule has 0 aromatic rings. The first-order chi connectivity index (χ1) is 7.31. The fourth-order valence-corrected chi connectivity index (χ4v) is 1.40. The van der Waals surface area contributed by atoms with Gasteiger partial charge in [0.05, 0.1) is 6.04 Å². The molecule has 1 aliphatic heterocycles. The molecule has 2 N–H and O–H groups in total. The van der Waals surface area contributed by atoms with Crippen molar-refractivity contribution in [3.8, 4) is 0 Å². The maximum Gasteiger partial charge on any atom is 0.405 e. The molecule has 1 saturated heterocycles. The minimum atomic E-state index is -4.36. The van der Waals surface area contributed by atoms with Crippen molar-refractivity contribution in [1.29, 1.82) is 0 Å². The highest BCUT2D eigenvalue weighted by atomic mass is 19.4. The van der Waals surface area contributed by atoms with Crippen molar-refractivity contribution in [1.82, 2.24) is 15.5 Å². The van der Waals surface area contributed by atoms with Gasteiger partial charge in [-0.3, -0.25) is 9.69 Å². The van der Waals surface area contributed by atoms with E-state index in [1.807, 2.05) is 5.32 Å². The third-order valence-electron chi connectivity index (χ3n) is 2.79. The van der Waals surface area contributed by atoms with Gasteiger partial charge in [-0.05, 0) is 14.0 Å². The summed E-state index contributed by atoms with van der Waals surface area (Å²) in [5.41, 5.74) is 0. The molecule has 16 heavy (non-hydrogen) atoms. The number of alkyl halides is 3. The molecule has 0 radical (unpaired) electrons. The van der Waals surface area contributed by atoms with Crippen LogP contribution in [-0.4, -0.2) is 55.7 Å². The summed E-state index contributed by atoms with van der Waals surface area (Å²) in [6.07, 6.45) is -4.36. The molecule has 1 atom stereocenters. The number of hydrogen-bond donors (Lipinski definition) is 2. The maximum absolute atomic E-state index is 11.9. The fourth-order valence-electron chi connectivity index (χ4n) is 1.40. The number of carbonyl (C=O) groups is 1. The number of halogens is 3. The monoisotopic (exact) mass is 239 g/mol. The first-order valence-electron chi connectivity index (χ1n) is 5.08. The van der Waals surface area contributed by atoms with Crippen LogP contribution in [0, 0.1) is 0 Å². The summed E-state index contributed by atoms with van der Waals surface area (Å²) in [6, 6.07) is -0.318. The molecule has 1 unspecified atom stereocenters. The summed E-state index contributed by atoms with van der Waals surface area (Å²) in [5.74, 6) is -0.591. The summed E-state index contributed by atoms with van der Waals surface area (Å²) in [5, 5.41) is 4.92. The van der Waals surface area contributed by atoms with Gasteiger partial charge < -0.3 is 10.6 Å². The summed E-state index contributed by atoms with van der Waals surface area (Å²) < 4.78 is 35.6. The first kappa shape index (κ1) is 13.2. The van der Waals surface area contributed by atoms with E-state index in [-0.39, 0.29) is 6.04 Å². The first-order valence-corrected chi connectivity index (χ1v) is 5.08. The zero-order chi connectivity index (χ0) is 12.3. The summed E-state index contributed by atoms with van der Waals surface area (Å²) in [4.78, 5) is 13.2. The number of amides is 1. The number of likely N-dealkylation sites (N-methyl/N-ethyl adjacent to an activating group) is 1. The predicted octanol–water partition coefficient (Wildman–Crippen LogP) is -0.0430. The Labute approximate surface area is 92.2 Å². The average Bonchev–Trinajstić information content (AvgIpc) is 2.08. The van der Waals surface area contributed by atoms with Crippen LogP contribution in [0.1, 0.15) is 6.92 Å². The lowest BCUT2D eigenvalue weighted by Crippen LogP contribution is -2.60. The van der Waals surface area contributed by atoms with Crippen LogP contribution < -0.4 is 10.6 Å². The molecule has 94 valence electrons. The molecule has 1 heterocycles. The van der Waals surface area contributed by atoms with Gasteiger partial charge in [-0.15, -0.1) is 0 Å². The zero-order valence-electron chi connectivity index (χ0n) is 9.27. The van der Waals surface area contributed by atoms with Crippen molar-refractivity contribution in [2.45, 2.75) is 25.2 Å². The van der Waals surface area contributed by atoms with E-state index in [4.69, 9.17) is 0 Å². The Kier molecular flexibility index (Phi) is 4.15. The third kappa shape index (κ3) is 3.64. The minimum Gasteiger partial charge on any atom is -0.346 e. The van der Waals surface area contributed by atoms with Gasteiger partial charge >= 0.3 is 6.18 Å². The van der Waals surface area contributed by atoms with E-state index in [0.717, 1.165) is 13.1 Å². The topological polar surface area (TPSA) is 44.4 Å². The second kappa shape index (κ2) is 5.01. The highest BCUT2D eigenvalue weighted by molar-refractivity contribution is 5.81. The third-order valence-corrected chi connectivity index (χ3v) is 2.79. The van der Waals surface area contributed by atoms with Crippen LogP contribution in [0.5, 0.6) is 0 Å². The Hall–Kier alpha value is -0.820. The molecule has 0 aromatic heterocycles. The van der Waals surface area contributed by atoms with E-state index in [9.17, 15) is 18.0 Å². The molecule has 1 aliphatic rings. The summed E-state index contributed by atoms with van der Waals surface area (Å²) >= 11 is 0. The molecule has 1 amide bonds. The molecule has 0 bridgehead atoms. The van der Waals surface area contributed by atoms with Crippen molar-refractivity contribution >= 4 is 5.91 Å². The van der Waals surface area contributed by atoms with E-state index in [1.165, 1.54) is 0 Å². The molecule has 0 aliphatic carbocycles. The Balaban J connectivity index is 2.34. The maximum atomic E-state index is 11.9. The average molecular weight is 239 g/mol. The smallest absolute Gasteiger partial charge is 0.346 e. The molecular weight excluding hydrogens is 223 g/mol. The largest absolute Gasteiger partial charge is 0.405 e. The van der Waals surface area contributed by atoms with Gasteiger partial charge in [0.25, 0.3) is 0 Å². The van der Waals surface area contributed by atoms with Gasteiger partial charge in [-0.2, -0.15) is 13.2 Å². The van der Waals surface area contributed by atoms with E-state index in [2.05, 4.69) is 5.32 Å². The predicted molar refractivity (Wildman–Crippen MR) is 52.9 cm³/mol. The molecule has 1 fully saturated rings. The number of nitrogens with one attached hydrogen (secondary N) is 2. The van der Waals surface area contributed by atoms with Gasteiger partial charge in [0.15, 0.2) is 0 Å². The molecule has 0 spiro atoms. The SMILES string of the molecule is CC(C(=O)NCC(F)(F)F)N(C)C1CNC1. The highest BCUT2D eigenvalue weighted by Crippen LogP contribution is 2.13. The summed E-state index contributed by atoms with van der Waals surface area (Å²) in [6.45, 7) is 1.87. The van der Waals surface area contributed by atoms with Gasteiger partial charge in [0.1, 0.15) is 6.54 Å². The Morgan fingerprint density at radius 1 is 1.56 bits per heavy atom. The van der Waals surface area contributed by atoms with Crippen LogP contribution in [-0.2, 0) is 4.79 Å². The van der Waals surface area contributed by atoms with Crippen LogP contribution in [0.25, 0.3) is 0 Å². The van der Waals surface area contributed by atoms with Crippen LogP contribution in [0.15, 0.2) is 0 Å². The number of carbonyl (C=O) groups excluding carboxylic acids is 1. The van der Waals surface area contributed by atoms with Crippen molar-refractivity contribution in [2.75, 3.05) is 26.7 Å². The molecule has 7 heteroatoms. The highest BCUT2D eigenvalue weighted by Gasteiger charge is 2.32. The van der Waals surface area contributed by atoms with Crippen LogP contribution in [0.4, 0.5) is 13.2 Å². The van der Waals surface area contributed by atoms with Crippen molar-refractivity contribution in [3.05, 3.63) is 0 Å². The lowest BCUT2D eigenvalue weighted by molar-refractivity contribution is -0.141. The van der Waals surface area contributed by atoms with Gasteiger partial charge in [-0.25, -0.2) is 0 Å². The van der Waals surface area contributed by atoms with Crippen LogP contribution in [0.2, 0.25) is 0 Å². The van der Waals surface area contributed by atoms with Crippen molar-refractivity contribution in [2.24, 2.45) is 0 Å². The Morgan fingerprint density at radius 2 is 2.12 bits per heavy atom. The minimum absolute atomic E-state index is 0.228. The molecule has 1 rings (SSSR count).